The van der Waals surface area contributed by atoms with Crippen LogP contribution in [0.25, 0.3) is 0 Å². The van der Waals surface area contributed by atoms with Gasteiger partial charge >= 0.3 is 0 Å². The quantitative estimate of drug-likeness (QED) is 0.788. The molecule has 0 radical (unpaired) electrons. The number of hydrogen-bond donors (Lipinski definition) is 0. The Morgan fingerprint density at radius 3 is 2.15 bits per heavy atom. The molecule has 2 aromatic rings. The Kier molecular flexibility index (Phi) is 5.82. The number of carbonyl (C=O) groups is 1. The van der Waals surface area contributed by atoms with Gasteiger partial charge in [0.25, 0.3) is 5.91 Å². The molecular formula is C20H24N2O4S. The maximum Gasteiger partial charge on any atom is 0.263 e. The van der Waals surface area contributed by atoms with E-state index >= 15 is 0 Å². The number of nitrogens with zero attached hydrogens (tertiary/aromatic N) is 2. The molecule has 0 aromatic heterocycles. The fraction of sp³-hybridized carbons (Fsp3) is 0.350. The average molecular weight is 388 g/mol. The highest BCUT2D eigenvalue weighted by atomic mass is 32.2. The number of rotatable bonds is 5. The molecule has 1 saturated heterocycles. The second-order valence-electron chi connectivity index (χ2n) is 6.62. The van der Waals surface area contributed by atoms with Gasteiger partial charge in [0.05, 0.1) is 4.90 Å². The topological polar surface area (TPSA) is 66.9 Å². The molecule has 2 aromatic carbocycles. The van der Waals surface area contributed by atoms with Crippen molar-refractivity contribution in [3.63, 3.8) is 0 Å². The first-order valence-electron chi connectivity index (χ1n) is 8.95. The van der Waals surface area contributed by atoms with Crippen LogP contribution in [0.5, 0.6) is 5.75 Å². The van der Waals surface area contributed by atoms with Gasteiger partial charge in [0, 0.05) is 26.2 Å². The summed E-state index contributed by atoms with van der Waals surface area (Å²) in [6.45, 7) is 4.89. The smallest absolute Gasteiger partial charge is 0.263 e. The highest BCUT2D eigenvalue weighted by Gasteiger charge is 2.31. The molecule has 0 N–H and O–H groups in total. The summed E-state index contributed by atoms with van der Waals surface area (Å²) in [4.78, 5) is 14.5. The van der Waals surface area contributed by atoms with Crippen molar-refractivity contribution >= 4 is 15.9 Å². The summed E-state index contributed by atoms with van der Waals surface area (Å²) in [5.41, 5.74) is 1.01. The van der Waals surface area contributed by atoms with E-state index in [9.17, 15) is 13.2 Å². The Bertz CT molecular complexity index is 874. The molecule has 1 aliphatic heterocycles. The Hall–Kier alpha value is -2.38. The number of benzene rings is 2. The summed E-state index contributed by atoms with van der Waals surface area (Å²) in [5, 5.41) is 0. The molecule has 0 saturated carbocycles. The minimum atomic E-state index is -3.53. The molecule has 0 aliphatic carbocycles. The molecule has 6 nitrogen and oxygen atoms in total. The van der Waals surface area contributed by atoms with Crippen LogP contribution in [0.1, 0.15) is 12.5 Å². The normalized spacial score (nSPS) is 16.7. The zero-order chi connectivity index (χ0) is 19.4. The van der Waals surface area contributed by atoms with Crippen LogP contribution in [-0.4, -0.2) is 55.8 Å². The van der Waals surface area contributed by atoms with Gasteiger partial charge in [0.2, 0.25) is 10.0 Å². The predicted molar refractivity (Wildman–Crippen MR) is 103 cm³/mol. The maximum atomic E-state index is 12.7. The molecule has 7 heteroatoms. The summed E-state index contributed by atoms with van der Waals surface area (Å²) in [5.74, 6) is 0.505. The Morgan fingerprint density at radius 2 is 1.56 bits per heavy atom. The van der Waals surface area contributed by atoms with Crippen LogP contribution >= 0.6 is 0 Å². The third kappa shape index (κ3) is 4.48. The van der Waals surface area contributed by atoms with Gasteiger partial charge in [-0.2, -0.15) is 4.31 Å². The summed E-state index contributed by atoms with van der Waals surface area (Å²) < 4.78 is 32.6. The van der Waals surface area contributed by atoms with Crippen molar-refractivity contribution in [1.29, 1.82) is 0 Å². The lowest BCUT2D eigenvalue weighted by molar-refractivity contribution is -0.139. The number of ether oxygens (including phenoxy) is 1. The Labute approximate surface area is 160 Å². The minimum absolute atomic E-state index is 0.133. The number of sulfonamides is 1. The summed E-state index contributed by atoms with van der Waals surface area (Å²) in [6, 6.07) is 16.0. The number of amides is 1. The first-order chi connectivity index (χ1) is 12.9. The van der Waals surface area contributed by atoms with Crippen molar-refractivity contribution in [3.05, 3.63) is 60.2 Å². The van der Waals surface area contributed by atoms with Crippen LogP contribution in [0.3, 0.4) is 0 Å². The molecule has 27 heavy (non-hydrogen) atoms. The molecule has 1 heterocycles. The van der Waals surface area contributed by atoms with Gasteiger partial charge in [-0.3, -0.25) is 4.79 Å². The van der Waals surface area contributed by atoms with Gasteiger partial charge in [-0.15, -0.1) is 0 Å². The summed E-state index contributed by atoms with van der Waals surface area (Å²) >= 11 is 0. The predicted octanol–water partition coefficient (Wildman–Crippen LogP) is 2.30. The van der Waals surface area contributed by atoms with E-state index in [4.69, 9.17) is 4.74 Å². The third-order valence-electron chi connectivity index (χ3n) is 4.61. The van der Waals surface area contributed by atoms with E-state index in [-0.39, 0.29) is 23.9 Å². The monoisotopic (exact) mass is 388 g/mol. The van der Waals surface area contributed by atoms with Crippen LogP contribution in [0, 0.1) is 6.92 Å². The minimum Gasteiger partial charge on any atom is -0.481 e. The maximum absolute atomic E-state index is 12.7. The fourth-order valence-electron chi connectivity index (χ4n) is 3.02. The van der Waals surface area contributed by atoms with E-state index in [1.807, 2.05) is 25.1 Å². The second kappa shape index (κ2) is 8.10. The molecule has 1 aliphatic rings. The van der Waals surface area contributed by atoms with E-state index < -0.39 is 16.1 Å². The van der Waals surface area contributed by atoms with Crippen molar-refractivity contribution in [2.24, 2.45) is 0 Å². The van der Waals surface area contributed by atoms with Gasteiger partial charge < -0.3 is 9.64 Å². The van der Waals surface area contributed by atoms with Crippen molar-refractivity contribution in [1.82, 2.24) is 9.21 Å². The molecule has 1 fully saturated rings. The lowest BCUT2D eigenvalue weighted by atomic mass is 10.2. The largest absolute Gasteiger partial charge is 0.481 e. The lowest BCUT2D eigenvalue weighted by Crippen LogP contribution is -2.53. The van der Waals surface area contributed by atoms with Gasteiger partial charge in [0.15, 0.2) is 6.10 Å². The van der Waals surface area contributed by atoms with Gasteiger partial charge in [-0.1, -0.05) is 35.9 Å². The highest BCUT2D eigenvalue weighted by molar-refractivity contribution is 7.89. The number of aryl methyl sites for hydroxylation is 1. The number of hydrogen-bond acceptors (Lipinski definition) is 4. The van der Waals surface area contributed by atoms with E-state index in [0.29, 0.717) is 18.8 Å². The SMILES string of the molecule is Cc1ccc(S(=O)(=O)N2CCN(C(=O)C(C)Oc3ccccc3)CC2)cc1. The van der Waals surface area contributed by atoms with Crippen molar-refractivity contribution in [3.8, 4) is 5.75 Å². The molecule has 0 spiro atoms. The van der Waals surface area contributed by atoms with Crippen LogP contribution in [0.4, 0.5) is 0 Å². The van der Waals surface area contributed by atoms with Crippen LogP contribution in [-0.2, 0) is 14.8 Å². The fourth-order valence-corrected chi connectivity index (χ4v) is 4.44. The molecule has 1 unspecified atom stereocenters. The van der Waals surface area contributed by atoms with Crippen molar-refractivity contribution in [2.75, 3.05) is 26.2 Å². The van der Waals surface area contributed by atoms with Gasteiger partial charge in [-0.25, -0.2) is 8.42 Å². The van der Waals surface area contributed by atoms with Gasteiger partial charge in [0.1, 0.15) is 5.75 Å². The highest BCUT2D eigenvalue weighted by Crippen LogP contribution is 2.19. The standard InChI is InChI=1S/C20H24N2O4S/c1-16-8-10-19(11-9-16)27(24,25)22-14-12-21(13-15-22)20(23)17(2)26-18-6-4-3-5-7-18/h3-11,17H,12-15H2,1-2H3. The first kappa shape index (κ1) is 19.4. The number of carbonyl (C=O) groups excluding carboxylic acids is 1. The van der Waals surface area contributed by atoms with Gasteiger partial charge in [-0.05, 0) is 38.1 Å². The molecule has 1 amide bonds. The third-order valence-corrected chi connectivity index (χ3v) is 6.53. The lowest BCUT2D eigenvalue weighted by Gasteiger charge is -2.35. The first-order valence-corrected chi connectivity index (χ1v) is 10.4. The molecule has 3 rings (SSSR count). The zero-order valence-electron chi connectivity index (χ0n) is 15.5. The van der Waals surface area contributed by atoms with Crippen LogP contribution < -0.4 is 4.74 Å². The number of para-hydroxylation sites is 1. The van der Waals surface area contributed by atoms with Crippen LogP contribution in [0.2, 0.25) is 0 Å². The molecule has 0 bridgehead atoms. The van der Waals surface area contributed by atoms with E-state index in [2.05, 4.69) is 0 Å². The molecule has 144 valence electrons. The molecular weight excluding hydrogens is 364 g/mol. The van der Waals surface area contributed by atoms with E-state index in [1.54, 1.807) is 48.2 Å². The van der Waals surface area contributed by atoms with Crippen LogP contribution in [0.15, 0.2) is 59.5 Å². The summed E-state index contributed by atoms with van der Waals surface area (Å²) in [6.07, 6.45) is -0.618. The van der Waals surface area contributed by atoms with E-state index in [1.165, 1.54) is 4.31 Å². The Morgan fingerprint density at radius 1 is 0.963 bits per heavy atom. The van der Waals surface area contributed by atoms with E-state index in [0.717, 1.165) is 5.56 Å². The zero-order valence-corrected chi connectivity index (χ0v) is 16.4. The molecule has 1 atom stereocenters. The average Bonchev–Trinajstić information content (AvgIpc) is 2.68. The van der Waals surface area contributed by atoms with Crippen molar-refractivity contribution < 1.29 is 17.9 Å². The number of piperazine rings is 1. The summed E-state index contributed by atoms with van der Waals surface area (Å²) in [7, 11) is -3.53. The second-order valence-corrected chi connectivity index (χ2v) is 8.55. The Balaban J connectivity index is 1.59. The van der Waals surface area contributed by atoms with Crippen molar-refractivity contribution in [2.45, 2.75) is 24.8 Å².